The van der Waals surface area contributed by atoms with Crippen molar-refractivity contribution in [2.75, 3.05) is 11.1 Å². The van der Waals surface area contributed by atoms with E-state index in [4.69, 9.17) is 9.97 Å². The topological polar surface area (TPSA) is 54.9 Å². The highest BCUT2D eigenvalue weighted by molar-refractivity contribution is 8.00. The number of amides is 1. The summed E-state index contributed by atoms with van der Waals surface area (Å²) in [6.45, 7) is 0. The molecule has 1 heterocycles. The van der Waals surface area contributed by atoms with Crippen molar-refractivity contribution < 1.29 is 4.79 Å². The molecular formula is C22H17N3OS. The molecule has 0 spiro atoms. The Balaban J connectivity index is 1.61. The zero-order valence-corrected chi connectivity index (χ0v) is 15.3. The minimum Gasteiger partial charge on any atom is -0.325 e. The van der Waals surface area contributed by atoms with Crippen LogP contribution in [0.2, 0.25) is 0 Å². The number of benzene rings is 3. The van der Waals surface area contributed by atoms with Crippen LogP contribution < -0.4 is 5.32 Å². The predicted octanol–water partition coefficient (Wildman–Crippen LogP) is 5.03. The van der Waals surface area contributed by atoms with Gasteiger partial charge in [0, 0.05) is 11.3 Å². The number of hydrogen-bond donors (Lipinski definition) is 1. The first-order chi connectivity index (χ1) is 13.3. The third-order valence-electron chi connectivity index (χ3n) is 3.98. The van der Waals surface area contributed by atoms with Crippen LogP contribution in [0.25, 0.3) is 22.3 Å². The summed E-state index contributed by atoms with van der Waals surface area (Å²) in [5.74, 6) is 0.196. The third kappa shape index (κ3) is 4.15. The highest BCUT2D eigenvalue weighted by atomic mass is 32.2. The molecule has 0 aliphatic carbocycles. The Hall–Kier alpha value is -3.18. The molecule has 27 heavy (non-hydrogen) atoms. The maximum Gasteiger partial charge on any atom is 0.234 e. The largest absolute Gasteiger partial charge is 0.325 e. The fourth-order valence-corrected chi connectivity index (χ4v) is 3.52. The van der Waals surface area contributed by atoms with Crippen LogP contribution in [-0.2, 0) is 4.79 Å². The van der Waals surface area contributed by atoms with Crippen molar-refractivity contribution in [3.8, 4) is 11.3 Å². The van der Waals surface area contributed by atoms with E-state index in [0.717, 1.165) is 33.0 Å². The Bertz CT molecular complexity index is 1070. The number of rotatable bonds is 5. The first-order valence-electron chi connectivity index (χ1n) is 8.59. The number of carbonyl (C=O) groups is 1. The van der Waals surface area contributed by atoms with E-state index >= 15 is 0 Å². The zero-order valence-electron chi connectivity index (χ0n) is 14.5. The number of carbonyl (C=O) groups excluding carboxylic acids is 1. The van der Waals surface area contributed by atoms with Crippen LogP contribution in [0.5, 0.6) is 0 Å². The second-order valence-electron chi connectivity index (χ2n) is 5.93. The minimum absolute atomic E-state index is 0.0693. The van der Waals surface area contributed by atoms with E-state index in [9.17, 15) is 4.79 Å². The Labute approximate surface area is 161 Å². The zero-order chi connectivity index (χ0) is 18.5. The Morgan fingerprint density at radius 3 is 2.07 bits per heavy atom. The van der Waals surface area contributed by atoms with Gasteiger partial charge in [0.2, 0.25) is 5.91 Å². The molecule has 4 nitrogen and oxygen atoms in total. The van der Waals surface area contributed by atoms with Crippen molar-refractivity contribution >= 4 is 34.4 Å². The van der Waals surface area contributed by atoms with E-state index in [1.54, 1.807) is 0 Å². The van der Waals surface area contributed by atoms with Crippen molar-refractivity contribution in [1.82, 2.24) is 9.97 Å². The molecular weight excluding hydrogens is 354 g/mol. The van der Waals surface area contributed by atoms with Gasteiger partial charge in [-0.2, -0.15) is 0 Å². The standard InChI is InChI=1S/C22H17N3OS/c26-20(23-17-11-5-2-6-12-17)15-27-22-21(16-9-3-1-4-10-16)24-18-13-7-8-14-19(18)25-22/h1-14H,15H2,(H,23,26). The van der Waals surface area contributed by atoms with Crippen LogP contribution in [0.3, 0.4) is 0 Å². The summed E-state index contributed by atoms with van der Waals surface area (Å²) in [6, 6.07) is 27.2. The lowest BCUT2D eigenvalue weighted by Crippen LogP contribution is -2.14. The number of thioether (sulfide) groups is 1. The van der Waals surface area contributed by atoms with Crippen LogP contribution in [-0.4, -0.2) is 21.6 Å². The molecule has 0 atom stereocenters. The molecule has 5 heteroatoms. The minimum atomic E-state index is -0.0693. The molecule has 1 amide bonds. The van der Waals surface area contributed by atoms with E-state index in [1.165, 1.54) is 11.8 Å². The smallest absolute Gasteiger partial charge is 0.234 e. The summed E-state index contributed by atoms with van der Waals surface area (Å²) in [5, 5.41) is 3.65. The van der Waals surface area contributed by atoms with Crippen LogP contribution in [0.1, 0.15) is 0 Å². The van der Waals surface area contributed by atoms with E-state index in [2.05, 4.69) is 5.32 Å². The highest BCUT2D eigenvalue weighted by Crippen LogP contribution is 2.30. The van der Waals surface area contributed by atoms with Gasteiger partial charge in [0.05, 0.1) is 16.8 Å². The van der Waals surface area contributed by atoms with Gasteiger partial charge in [-0.15, -0.1) is 0 Å². The summed E-state index contributed by atoms with van der Waals surface area (Å²) in [5.41, 5.74) is 4.24. The lowest BCUT2D eigenvalue weighted by atomic mass is 10.1. The molecule has 4 aromatic rings. The first kappa shape index (κ1) is 17.2. The van der Waals surface area contributed by atoms with Gasteiger partial charge in [0.25, 0.3) is 0 Å². The second-order valence-corrected chi connectivity index (χ2v) is 6.90. The SMILES string of the molecule is O=C(CSc1nc2ccccc2nc1-c1ccccc1)Nc1ccccc1. The van der Waals surface area contributed by atoms with Gasteiger partial charge in [-0.25, -0.2) is 9.97 Å². The quantitative estimate of drug-likeness (QED) is 0.500. The second kappa shape index (κ2) is 8.01. The first-order valence-corrected chi connectivity index (χ1v) is 9.58. The summed E-state index contributed by atoms with van der Waals surface area (Å²) < 4.78 is 0. The summed E-state index contributed by atoms with van der Waals surface area (Å²) in [6.07, 6.45) is 0. The van der Waals surface area contributed by atoms with Gasteiger partial charge in [0.15, 0.2) is 0 Å². The summed E-state index contributed by atoms with van der Waals surface area (Å²) >= 11 is 1.40. The molecule has 0 unspecified atom stereocenters. The van der Waals surface area contributed by atoms with E-state index in [0.29, 0.717) is 0 Å². The molecule has 132 valence electrons. The average Bonchev–Trinajstić information content (AvgIpc) is 2.73. The molecule has 0 bridgehead atoms. The number of anilines is 1. The normalized spacial score (nSPS) is 10.7. The van der Waals surface area contributed by atoms with Crippen molar-refractivity contribution in [2.24, 2.45) is 0 Å². The average molecular weight is 371 g/mol. The van der Waals surface area contributed by atoms with Crippen LogP contribution in [0.4, 0.5) is 5.69 Å². The molecule has 0 aliphatic rings. The number of hydrogen-bond acceptors (Lipinski definition) is 4. The Morgan fingerprint density at radius 2 is 1.37 bits per heavy atom. The Kier molecular flexibility index (Phi) is 5.12. The van der Waals surface area contributed by atoms with Gasteiger partial charge < -0.3 is 5.32 Å². The van der Waals surface area contributed by atoms with Crippen molar-refractivity contribution in [3.05, 3.63) is 84.9 Å². The van der Waals surface area contributed by atoms with E-state index in [-0.39, 0.29) is 11.7 Å². The van der Waals surface area contributed by atoms with Gasteiger partial charge in [-0.05, 0) is 24.3 Å². The van der Waals surface area contributed by atoms with Gasteiger partial charge in [0.1, 0.15) is 10.7 Å². The molecule has 0 aliphatic heterocycles. The number of nitrogens with one attached hydrogen (secondary N) is 1. The fraction of sp³-hybridized carbons (Fsp3) is 0.0455. The van der Waals surface area contributed by atoms with Crippen LogP contribution in [0, 0.1) is 0 Å². The molecule has 0 fully saturated rings. The summed E-state index contributed by atoms with van der Waals surface area (Å²) in [4.78, 5) is 21.9. The van der Waals surface area contributed by atoms with Crippen molar-refractivity contribution in [3.63, 3.8) is 0 Å². The molecule has 0 saturated heterocycles. The maximum absolute atomic E-state index is 12.3. The predicted molar refractivity (Wildman–Crippen MR) is 111 cm³/mol. The van der Waals surface area contributed by atoms with Crippen LogP contribution >= 0.6 is 11.8 Å². The molecule has 3 aromatic carbocycles. The number of nitrogens with zero attached hydrogens (tertiary/aromatic N) is 2. The van der Waals surface area contributed by atoms with Gasteiger partial charge in [-0.3, -0.25) is 4.79 Å². The van der Waals surface area contributed by atoms with Crippen LogP contribution in [0.15, 0.2) is 90.0 Å². The fourth-order valence-electron chi connectivity index (χ4n) is 2.72. The van der Waals surface area contributed by atoms with Crippen molar-refractivity contribution in [2.45, 2.75) is 5.03 Å². The van der Waals surface area contributed by atoms with Gasteiger partial charge >= 0.3 is 0 Å². The molecule has 1 aromatic heterocycles. The molecule has 1 N–H and O–H groups in total. The monoisotopic (exact) mass is 371 g/mol. The van der Waals surface area contributed by atoms with E-state index < -0.39 is 0 Å². The molecule has 4 rings (SSSR count). The van der Waals surface area contributed by atoms with Crippen molar-refractivity contribution in [1.29, 1.82) is 0 Å². The lowest BCUT2D eigenvalue weighted by molar-refractivity contribution is -0.113. The number of fused-ring (bicyclic) bond motifs is 1. The molecule has 0 saturated carbocycles. The third-order valence-corrected chi connectivity index (χ3v) is 4.95. The molecule has 0 radical (unpaired) electrons. The number of para-hydroxylation sites is 3. The van der Waals surface area contributed by atoms with Gasteiger partial charge in [-0.1, -0.05) is 72.4 Å². The lowest BCUT2D eigenvalue weighted by Gasteiger charge is -2.10. The number of aromatic nitrogens is 2. The summed E-state index contributed by atoms with van der Waals surface area (Å²) in [7, 11) is 0. The maximum atomic E-state index is 12.3. The van der Waals surface area contributed by atoms with E-state index in [1.807, 2.05) is 84.9 Å². The Morgan fingerprint density at radius 1 is 0.778 bits per heavy atom. The highest BCUT2D eigenvalue weighted by Gasteiger charge is 2.13.